The molecule has 126 valence electrons. The van der Waals surface area contributed by atoms with Gasteiger partial charge >= 0.3 is 0 Å². The van der Waals surface area contributed by atoms with E-state index < -0.39 is 10.1 Å². The highest BCUT2D eigenvalue weighted by Gasteiger charge is 2.06. The Balaban J connectivity index is 0.000000401. The van der Waals surface area contributed by atoms with Crippen molar-refractivity contribution in [3.63, 3.8) is 0 Å². The Morgan fingerprint density at radius 3 is 2.00 bits per heavy atom. The molecule has 7 heteroatoms. The summed E-state index contributed by atoms with van der Waals surface area (Å²) >= 11 is 1.67. The van der Waals surface area contributed by atoms with Gasteiger partial charge in [-0.3, -0.25) is 9.55 Å². The molecule has 0 saturated heterocycles. The maximum Gasteiger partial charge on any atom is 0.294 e. The summed E-state index contributed by atoms with van der Waals surface area (Å²) in [6, 6.07) is 6.84. The van der Waals surface area contributed by atoms with Gasteiger partial charge in [0.25, 0.3) is 10.1 Å². The van der Waals surface area contributed by atoms with E-state index in [1.165, 1.54) is 12.1 Å². The third-order valence-electron chi connectivity index (χ3n) is 2.30. The van der Waals surface area contributed by atoms with Crippen molar-refractivity contribution in [2.24, 2.45) is 4.99 Å². The molecule has 0 aliphatic rings. The average molecular weight is 347 g/mol. The molecule has 0 radical (unpaired) electrons. The lowest BCUT2D eigenvalue weighted by Crippen LogP contribution is -2.28. The first-order chi connectivity index (χ1) is 10.1. The Labute approximate surface area is 138 Å². The monoisotopic (exact) mass is 346 g/mol. The van der Waals surface area contributed by atoms with Gasteiger partial charge in [-0.05, 0) is 53.0 Å². The molecular formula is C15H26N2O3S2. The quantitative estimate of drug-likeness (QED) is 0.498. The lowest BCUT2D eigenvalue weighted by Gasteiger charge is -2.11. The molecule has 5 nitrogen and oxygen atoms in total. The van der Waals surface area contributed by atoms with Crippen LogP contribution in [0.1, 0.15) is 33.3 Å². The van der Waals surface area contributed by atoms with E-state index in [9.17, 15) is 8.42 Å². The number of amidine groups is 1. The van der Waals surface area contributed by atoms with E-state index in [0.717, 1.165) is 10.7 Å². The Morgan fingerprint density at radius 1 is 1.18 bits per heavy atom. The number of nitrogens with zero attached hydrogens (tertiary/aromatic N) is 1. The number of nitrogens with one attached hydrogen (secondary N) is 1. The van der Waals surface area contributed by atoms with E-state index in [1.807, 2.05) is 13.2 Å². The van der Waals surface area contributed by atoms with Crippen LogP contribution in [-0.4, -0.2) is 36.5 Å². The van der Waals surface area contributed by atoms with Crippen LogP contribution in [0.25, 0.3) is 0 Å². The molecule has 0 fully saturated rings. The third kappa shape index (κ3) is 9.81. The molecule has 0 aliphatic heterocycles. The lowest BCUT2D eigenvalue weighted by molar-refractivity contribution is 0.483. The van der Waals surface area contributed by atoms with Crippen LogP contribution in [0.15, 0.2) is 34.2 Å². The van der Waals surface area contributed by atoms with Crippen LogP contribution in [0.3, 0.4) is 0 Å². The second-order valence-electron chi connectivity index (χ2n) is 5.32. The summed E-state index contributed by atoms with van der Waals surface area (Å²) in [7, 11) is -4.02. The summed E-state index contributed by atoms with van der Waals surface area (Å²) in [5.74, 6) is 0. The van der Waals surface area contributed by atoms with Crippen molar-refractivity contribution in [1.29, 1.82) is 0 Å². The minimum atomic E-state index is -4.02. The zero-order chi connectivity index (χ0) is 17.3. The fraction of sp³-hybridized carbons (Fsp3) is 0.533. The summed E-state index contributed by atoms with van der Waals surface area (Å²) in [6.45, 7) is 10.2. The van der Waals surface area contributed by atoms with Crippen LogP contribution in [0.4, 0.5) is 0 Å². The number of aliphatic imine (C=N–C) groups is 1. The number of hydrogen-bond donors (Lipinski definition) is 2. The predicted molar refractivity (Wildman–Crippen MR) is 95.4 cm³/mol. The van der Waals surface area contributed by atoms with Crippen molar-refractivity contribution in [1.82, 2.24) is 5.32 Å². The number of rotatable bonds is 3. The van der Waals surface area contributed by atoms with E-state index in [0.29, 0.717) is 12.1 Å². The van der Waals surface area contributed by atoms with Gasteiger partial charge in [-0.1, -0.05) is 29.5 Å². The molecule has 22 heavy (non-hydrogen) atoms. The second-order valence-corrected chi connectivity index (χ2v) is 7.54. The molecule has 0 amide bonds. The van der Waals surface area contributed by atoms with Gasteiger partial charge in [-0.2, -0.15) is 8.42 Å². The van der Waals surface area contributed by atoms with Gasteiger partial charge in [0.1, 0.15) is 0 Å². The highest BCUT2D eigenvalue weighted by atomic mass is 32.2. The van der Waals surface area contributed by atoms with Crippen LogP contribution in [0.2, 0.25) is 0 Å². The predicted octanol–water partition coefficient (Wildman–Crippen LogP) is 3.35. The van der Waals surface area contributed by atoms with E-state index in [-0.39, 0.29) is 4.90 Å². The van der Waals surface area contributed by atoms with Gasteiger partial charge < -0.3 is 5.32 Å². The topological polar surface area (TPSA) is 78.8 Å². The first kappa shape index (κ1) is 20.9. The first-order valence-electron chi connectivity index (χ1n) is 6.98. The Hall–Kier alpha value is -1.05. The van der Waals surface area contributed by atoms with Crippen molar-refractivity contribution in [2.45, 2.75) is 51.6 Å². The number of benzene rings is 1. The zero-order valence-electron chi connectivity index (χ0n) is 14.0. The van der Waals surface area contributed by atoms with Crippen molar-refractivity contribution >= 4 is 27.0 Å². The summed E-state index contributed by atoms with van der Waals surface area (Å²) in [5, 5.41) is 4.31. The molecule has 2 N–H and O–H groups in total. The van der Waals surface area contributed by atoms with Gasteiger partial charge in [-0.15, -0.1) is 0 Å². The minimum absolute atomic E-state index is 0.0666. The van der Waals surface area contributed by atoms with Crippen molar-refractivity contribution in [3.8, 4) is 0 Å². The van der Waals surface area contributed by atoms with E-state index in [4.69, 9.17) is 4.55 Å². The number of aryl methyl sites for hydroxylation is 1. The largest absolute Gasteiger partial charge is 0.363 e. The summed E-state index contributed by atoms with van der Waals surface area (Å²) < 4.78 is 29.6. The standard InChI is InChI=1S/C8H18N2S.C7H8O3S/c1-6(2)9-8(11-5)10-7(3)4;1-6-2-4-7(5-3-6)11(8,9)10/h6-7H,1-5H3,(H,9,10);2-5H,1H3,(H,8,9,10). The molecule has 0 bridgehead atoms. The maximum absolute atomic E-state index is 10.5. The molecule has 0 heterocycles. The minimum Gasteiger partial charge on any atom is -0.363 e. The Morgan fingerprint density at radius 2 is 1.68 bits per heavy atom. The lowest BCUT2D eigenvalue weighted by atomic mass is 10.2. The molecular weight excluding hydrogens is 320 g/mol. The SMILES string of the molecule is CSC(=NC(C)C)NC(C)C.Cc1ccc(S(=O)(=O)O)cc1. The first-order valence-corrected chi connectivity index (χ1v) is 9.65. The average Bonchev–Trinajstić information content (AvgIpc) is 2.37. The Bertz CT molecular complexity index is 565. The molecule has 0 saturated carbocycles. The summed E-state index contributed by atoms with van der Waals surface area (Å²) in [4.78, 5) is 4.34. The van der Waals surface area contributed by atoms with Gasteiger partial charge in [0, 0.05) is 12.1 Å². The number of thioether (sulfide) groups is 1. The van der Waals surface area contributed by atoms with Gasteiger partial charge in [-0.25, -0.2) is 0 Å². The molecule has 0 aliphatic carbocycles. The van der Waals surface area contributed by atoms with Gasteiger partial charge in [0.15, 0.2) is 5.17 Å². The van der Waals surface area contributed by atoms with E-state index >= 15 is 0 Å². The van der Waals surface area contributed by atoms with Crippen LogP contribution in [0, 0.1) is 6.92 Å². The highest BCUT2D eigenvalue weighted by Crippen LogP contribution is 2.08. The molecule has 0 unspecified atom stereocenters. The van der Waals surface area contributed by atoms with Crippen molar-refractivity contribution in [3.05, 3.63) is 29.8 Å². The second kappa shape index (κ2) is 9.86. The van der Waals surface area contributed by atoms with E-state index in [1.54, 1.807) is 23.9 Å². The fourth-order valence-corrected chi connectivity index (χ4v) is 2.49. The molecule has 0 spiro atoms. The van der Waals surface area contributed by atoms with Crippen LogP contribution < -0.4 is 5.32 Å². The summed E-state index contributed by atoms with van der Waals surface area (Å²) in [6.07, 6.45) is 2.04. The van der Waals surface area contributed by atoms with Crippen LogP contribution in [0.5, 0.6) is 0 Å². The highest BCUT2D eigenvalue weighted by molar-refractivity contribution is 8.13. The maximum atomic E-state index is 10.5. The van der Waals surface area contributed by atoms with Crippen molar-refractivity contribution in [2.75, 3.05) is 6.26 Å². The smallest absolute Gasteiger partial charge is 0.294 e. The molecule has 0 atom stereocenters. The van der Waals surface area contributed by atoms with Crippen LogP contribution >= 0.6 is 11.8 Å². The van der Waals surface area contributed by atoms with Gasteiger partial charge in [0.05, 0.1) is 4.90 Å². The Kier molecular flexibility index (Phi) is 9.39. The fourth-order valence-electron chi connectivity index (χ4n) is 1.34. The summed E-state index contributed by atoms with van der Waals surface area (Å²) in [5.41, 5.74) is 0.956. The normalized spacial score (nSPS) is 12.1. The number of hydrogen-bond acceptors (Lipinski definition) is 4. The van der Waals surface area contributed by atoms with E-state index in [2.05, 4.69) is 38.0 Å². The molecule has 0 aromatic heterocycles. The molecule has 1 aromatic rings. The van der Waals surface area contributed by atoms with Crippen molar-refractivity contribution < 1.29 is 13.0 Å². The van der Waals surface area contributed by atoms with Gasteiger partial charge in [0.2, 0.25) is 0 Å². The third-order valence-corrected chi connectivity index (χ3v) is 3.78. The molecule has 1 rings (SSSR count). The zero-order valence-corrected chi connectivity index (χ0v) is 15.6. The van der Waals surface area contributed by atoms with Crippen LogP contribution in [-0.2, 0) is 10.1 Å². The molecule has 1 aromatic carbocycles.